The van der Waals surface area contributed by atoms with Crippen molar-refractivity contribution >= 4 is 11.9 Å². The van der Waals surface area contributed by atoms with Crippen LogP contribution >= 0.6 is 0 Å². The van der Waals surface area contributed by atoms with Gasteiger partial charge in [-0.1, -0.05) is 13.8 Å². The molecule has 0 heterocycles. The van der Waals surface area contributed by atoms with E-state index in [0.717, 1.165) is 13.0 Å². The standard InChI is InChI=1S/C10H9F5N2.C2H6/c1-5-7(11)2-6(3-16)9(8(5)12)17-4-10(13,14)15;1-2/h2-3,16-17H,4H2,1H3;1-2H3. The molecule has 7 heteroatoms. The summed E-state index contributed by atoms with van der Waals surface area (Å²) >= 11 is 0. The van der Waals surface area contributed by atoms with Crippen LogP contribution in [0, 0.1) is 24.0 Å². The van der Waals surface area contributed by atoms with Crippen LogP contribution in [0.2, 0.25) is 0 Å². The summed E-state index contributed by atoms with van der Waals surface area (Å²) in [6, 6.07) is 0.810. The molecular formula is C12H15F5N2. The fourth-order valence-corrected chi connectivity index (χ4v) is 1.22. The van der Waals surface area contributed by atoms with E-state index in [4.69, 9.17) is 5.41 Å². The lowest BCUT2D eigenvalue weighted by Gasteiger charge is -2.14. The third-order valence-electron chi connectivity index (χ3n) is 2.10. The summed E-state index contributed by atoms with van der Waals surface area (Å²) < 4.78 is 62.5. The Labute approximate surface area is 108 Å². The molecule has 0 aliphatic carbocycles. The molecule has 0 bridgehead atoms. The number of hydrogen-bond acceptors (Lipinski definition) is 2. The van der Waals surface area contributed by atoms with Crippen LogP contribution in [0.15, 0.2) is 6.07 Å². The van der Waals surface area contributed by atoms with Crippen LogP contribution in [0.25, 0.3) is 0 Å². The Morgan fingerprint density at radius 1 is 1.26 bits per heavy atom. The van der Waals surface area contributed by atoms with Crippen molar-refractivity contribution in [1.29, 1.82) is 5.41 Å². The van der Waals surface area contributed by atoms with E-state index in [2.05, 4.69) is 0 Å². The van der Waals surface area contributed by atoms with Crippen molar-refractivity contribution in [3.05, 3.63) is 28.8 Å². The molecule has 0 aromatic heterocycles. The highest BCUT2D eigenvalue weighted by atomic mass is 19.4. The van der Waals surface area contributed by atoms with E-state index in [1.807, 2.05) is 19.2 Å². The molecule has 19 heavy (non-hydrogen) atoms. The molecule has 2 nitrogen and oxygen atoms in total. The maximum absolute atomic E-state index is 13.5. The van der Waals surface area contributed by atoms with E-state index in [0.29, 0.717) is 6.21 Å². The minimum absolute atomic E-state index is 0.269. The highest BCUT2D eigenvalue weighted by molar-refractivity contribution is 5.86. The van der Waals surface area contributed by atoms with Gasteiger partial charge in [0.2, 0.25) is 0 Å². The van der Waals surface area contributed by atoms with E-state index in [-0.39, 0.29) is 11.1 Å². The van der Waals surface area contributed by atoms with Crippen LogP contribution in [-0.2, 0) is 0 Å². The summed E-state index contributed by atoms with van der Waals surface area (Å²) in [6.45, 7) is 3.66. The van der Waals surface area contributed by atoms with Crippen molar-refractivity contribution in [1.82, 2.24) is 0 Å². The van der Waals surface area contributed by atoms with E-state index in [9.17, 15) is 22.0 Å². The molecule has 0 spiro atoms. The highest BCUT2D eigenvalue weighted by Gasteiger charge is 2.28. The zero-order valence-electron chi connectivity index (χ0n) is 10.8. The van der Waals surface area contributed by atoms with E-state index in [1.54, 1.807) is 0 Å². The SMILES string of the molecule is CC.Cc1c(F)cc(C=N)c(NCC(F)(F)F)c1F. The van der Waals surface area contributed by atoms with Crippen LogP contribution < -0.4 is 5.32 Å². The van der Waals surface area contributed by atoms with Crippen LogP contribution in [-0.4, -0.2) is 18.9 Å². The van der Waals surface area contributed by atoms with E-state index in [1.165, 1.54) is 0 Å². The van der Waals surface area contributed by atoms with Gasteiger partial charge in [-0.05, 0) is 13.0 Å². The molecule has 0 aliphatic rings. The molecule has 1 rings (SSSR count). The second-order valence-electron chi connectivity index (χ2n) is 3.37. The fourth-order valence-electron chi connectivity index (χ4n) is 1.22. The van der Waals surface area contributed by atoms with Gasteiger partial charge in [-0.15, -0.1) is 0 Å². The quantitative estimate of drug-likeness (QED) is 0.630. The number of nitrogens with one attached hydrogen (secondary N) is 2. The third-order valence-corrected chi connectivity index (χ3v) is 2.10. The maximum Gasteiger partial charge on any atom is 0.405 e. The van der Waals surface area contributed by atoms with Crippen molar-refractivity contribution in [3.8, 4) is 0 Å². The average Bonchev–Trinajstić information content (AvgIpc) is 2.35. The summed E-state index contributed by atoms with van der Waals surface area (Å²) in [5.74, 6) is -2.02. The zero-order chi connectivity index (χ0) is 15.2. The maximum atomic E-state index is 13.5. The number of benzene rings is 1. The largest absolute Gasteiger partial charge is 0.405 e. The molecule has 0 aliphatic heterocycles. The van der Waals surface area contributed by atoms with Gasteiger partial charge >= 0.3 is 6.18 Å². The lowest BCUT2D eigenvalue weighted by atomic mass is 10.1. The first-order valence-corrected chi connectivity index (χ1v) is 5.56. The Morgan fingerprint density at radius 2 is 1.79 bits per heavy atom. The minimum atomic E-state index is -4.52. The minimum Gasteiger partial charge on any atom is -0.374 e. The number of rotatable bonds is 3. The summed E-state index contributed by atoms with van der Waals surface area (Å²) in [5, 5.41) is 8.73. The fraction of sp³-hybridized carbons (Fsp3) is 0.417. The molecule has 0 atom stereocenters. The first-order chi connectivity index (χ1) is 8.76. The molecule has 1 aromatic carbocycles. The normalized spacial score (nSPS) is 10.5. The lowest BCUT2D eigenvalue weighted by molar-refractivity contribution is -0.115. The van der Waals surface area contributed by atoms with E-state index >= 15 is 0 Å². The van der Waals surface area contributed by atoms with Crippen molar-refractivity contribution in [2.24, 2.45) is 0 Å². The van der Waals surface area contributed by atoms with Gasteiger partial charge < -0.3 is 10.7 Å². The second kappa shape index (κ2) is 7.06. The Balaban J connectivity index is 0.00000154. The number of alkyl halides is 3. The lowest BCUT2D eigenvalue weighted by Crippen LogP contribution is -2.22. The Kier molecular flexibility index (Phi) is 6.44. The van der Waals surface area contributed by atoms with Crippen molar-refractivity contribution in [2.75, 3.05) is 11.9 Å². The molecule has 2 N–H and O–H groups in total. The number of anilines is 1. The summed E-state index contributed by atoms with van der Waals surface area (Å²) in [5.41, 5.74) is -1.17. The molecule has 0 amide bonds. The van der Waals surface area contributed by atoms with Crippen LogP contribution in [0.1, 0.15) is 25.0 Å². The molecule has 0 saturated carbocycles. The van der Waals surface area contributed by atoms with Crippen molar-refractivity contribution in [2.45, 2.75) is 26.9 Å². The summed E-state index contributed by atoms with van der Waals surface area (Å²) in [6.07, 6.45) is -3.93. The second-order valence-corrected chi connectivity index (χ2v) is 3.37. The monoisotopic (exact) mass is 282 g/mol. The molecule has 0 unspecified atom stereocenters. The molecule has 1 aromatic rings. The van der Waals surface area contributed by atoms with Gasteiger partial charge in [0.05, 0.1) is 5.69 Å². The molecule has 0 fully saturated rings. The van der Waals surface area contributed by atoms with Crippen LogP contribution in [0.5, 0.6) is 0 Å². The van der Waals surface area contributed by atoms with Gasteiger partial charge in [0.1, 0.15) is 12.4 Å². The molecule has 0 saturated heterocycles. The highest BCUT2D eigenvalue weighted by Crippen LogP contribution is 2.26. The first kappa shape index (κ1) is 17.3. The van der Waals surface area contributed by atoms with Crippen LogP contribution in [0.3, 0.4) is 0 Å². The Bertz CT molecular complexity index is 441. The van der Waals surface area contributed by atoms with Crippen LogP contribution in [0.4, 0.5) is 27.6 Å². The first-order valence-electron chi connectivity index (χ1n) is 5.56. The smallest absolute Gasteiger partial charge is 0.374 e. The van der Waals surface area contributed by atoms with Gasteiger partial charge in [-0.3, -0.25) is 0 Å². The molecule has 0 radical (unpaired) electrons. The van der Waals surface area contributed by atoms with Gasteiger partial charge in [-0.25, -0.2) is 8.78 Å². The number of halogens is 5. The molecular weight excluding hydrogens is 267 g/mol. The van der Waals surface area contributed by atoms with E-state index < -0.39 is 30.0 Å². The van der Waals surface area contributed by atoms with Crippen molar-refractivity contribution < 1.29 is 22.0 Å². The Morgan fingerprint density at radius 3 is 2.21 bits per heavy atom. The van der Waals surface area contributed by atoms with Gasteiger partial charge in [0, 0.05) is 17.3 Å². The van der Waals surface area contributed by atoms with Gasteiger partial charge in [0.25, 0.3) is 0 Å². The van der Waals surface area contributed by atoms with Gasteiger partial charge in [0.15, 0.2) is 5.82 Å². The number of hydrogen-bond donors (Lipinski definition) is 2. The van der Waals surface area contributed by atoms with Gasteiger partial charge in [-0.2, -0.15) is 13.2 Å². The van der Waals surface area contributed by atoms with Crippen molar-refractivity contribution in [3.63, 3.8) is 0 Å². The predicted molar refractivity (Wildman–Crippen MR) is 64.9 cm³/mol. The average molecular weight is 282 g/mol. The zero-order valence-corrected chi connectivity index (χ0v) is 10.8. The third kappa shape index (κ3) is 4.84. The summed E-state index contributed by atoms with van der Waals surface area (Å²) in [7, 11) is 0. The predicted octanol–water partition coefficient (Wildman–Crippen LogP) is 4.27. The topological polar surface area (TPSA) is 35.9 Å². The Hall–Kier alpha value is -1.66. The molecule has 108 valence electrons. The summed E-state index contributed by atoms with van der Waals surface area (Å²) in [4.78, 5) is 0.